The Labute approximate surface area is 179 Å². The van der Waals surface area contributed by atoms with Crippen LogP contribution in [0.1, 0.15) is 66.2 Å². The van der Waals surface area contributed by atoms with E-state index in [2.05, 4.69) is 50.4 Å². The van der Waals surface area contributed by atoms with E-state index in [1.807, 2.05) is 24.3 Å². The van der Waals surface area contributed by atoms with Crippen molar-refractivity contribution in [3.05, 3.63) is 70.8 Å². The molecule has 2 aromatic carbocycles. The molecule has 1 heterocycles. The average molecular weight is 405 g/mol. The van der Waals surface area contributed by atoms with Gasteiger partial charge in [-0.25, -0.2) is 0 Å². The molecular weight excluding hydrogens is 372 g/mol. The molecule has 0 radical (unpaired) electrons. The van der Waals surface area contributed by atoms with Crippen LogP contribution in [-0.2, 0) is 11.2 Å². The maximum atomic E-state index is 13.4. The summed E-state index contributed by atoms with van der Waals surface area (Å²) in [7, 11) is 0. The topological polar surface area (TPSA) is 49.4 Å². The van der Waals surface area contributed by atoms with Gasteiger partial charge in [0.25, 0.3) is 5.91 Å². The highest BCUT2D eigenvalue weighted by Crippen LogP contribution is 2.35. The fourth-order valence-corrected chi connectivity index (χ4v) is 4.94. The van der Waals surface area contributed by atoms with Crippen molar-refractivity contribution in [2.45, 2.75) is 58.5 Å². The molecule has 1 aliphatic carbocycles. The van der Waals surface area contributed by atoms with Crippen LogP contribution >= 0.6 is 0 Å². The predicted octanol–water partition coefficient (Wildman–Crippen LogP) is 4.68. The van der Waals surface area contributed by atoms with Crippen LogP contribution in [0.3, 0.4) is 0 Å². The zero-order valence-corrected chi connectivity index (χ0v) is 18.2. The lowest BCUT2D eigenvalue weighted by molar-refractivity contribution is -0.127. The highest BCUT2D eigenvalue weighted by Gasteiger charge is 2.41. The number of hydrogen-bond donors (Lipinski definition) is 1. The van der Waals surface area contributed by atoms with E-state index in [0.717, 1.165) is 24.8 Å². The highest BCUT2D eigenvalue weighted by atomic mass is 16.2. The van der Waals surface area contributed by atoms with Crippen molar-refractivity contribution in [3.63, 3.8) is 0 Å². The summed E-state index contributed by atoms with van der Waals surface area (Å²) in [6.07, 6.45) is 4.12. The minimum absolute atomic E-state index is 0.0387. The molecule has 158 valence electrons. The Bertz CT molecular complexity index is 921. The van der Waals surface area contributed by atoms with Crippen LogP contribution < -0.4 is 5.32 Å². The zero-order chi connectivity index (χ0) is 21.3. The number of rotatable bonds is 5. The number of hydrogen-bond acceptors (Lipinski definition) is 2. The van der Waals surface area contributed by atoms with Crippen LogP contribution in [0.5, 0.6) is 0 Å². The molecule has 4 heteroatoms. The van der Waals surface area contributed by atoms with Gasteiger partial charge in [0.05, 0.1) is 0 Å². The molecule has 2 aliphatic rings. The van der Waals surface area contributed by atoms with Crippen LogP contribution in [0, 0.1) is 18.8 Å². The van der Waals surface area contributed by atoms with E-state index in [4.69, 9.17) is 0 Å². The molecule has 4 atom stereocenters. The molecule has 0 bridgehead atoms. The van der Waals surface area contributed by atoms with Crippen LogP contribution in [0.25, 0.3) is 0 Å². The van der Waals surface area contributed by atoms with E-state index in [-0.39, 0.29) is 17.9 Å². The number of fused-ring (bicyclic) bond motifs is 1. The van der Waals surface area contributed by atoms with Crippen LogP contribution in [-0.4, -0.2) is 29.3 Å². The minimum atomic E-state index is -0.538. The van der Waals surface area contributed by atoms with E-state index in [9.17, 15) is 9.59 Å². The lowest BCUT2D eigenvalue weighted by atomic mass is 9.78. The minimum Gasteiger partial charge on any atom is -0.351 e. The van der Waals surface area contributed by atoms with Gasteiger partial charge in [0.2, 0.25) is 5.91 Å². The maximum absolute atomic E-state index is 13.4. The summed E-state index contributed by atoms with van der Waals surface area (Å²) in [6.45, 7) is 7.10. The Morgan fingerprint density at radius 3 is 2.57 bits per heavy atom. The molecule has 2 aromatic rings. The summed E-state index contributed by atoms with van der Waals surface area (Å²) in [6, 6.07) is 15.6. The van der Waals surface area contributed by atoms with Crippen molar-refractivity contribution < 1.29 is 9.59 Å². The Hall–Kier alpha value is -2.62. The molecule has 1 fully saturated rings. The molecule has 1 aliphatic heterocycles. The summed E-state index contributed by atoms with van der Waals surface area (Å²) in [5, 5.41) is 3.31. The Kier molecular flexibility index (Phi) is 5.94. The SMILES string of the molecule is Cc1ccc(CCN2C(=O)c3ccccc3C2C(=O)NC2CCCC(C)C2C)cc1. The van der Waals surface area contributed by atoms with Crippen molar-refractivity contribution in [3.8, 4) is 0 Å². The molecule has 4 unspecified atom stereocenters. The lowest BCUT2D eigenvalue weighted by Crippen LogP contribution is -2.48. The van der Waals surface area contributed by atoms with Crippen LogP contribution in [0.2, 0.25) is 0 Å². The van der Waals surface area contributed by atoms with E-state index in [1.165, 1.54) is 17.5 Å². The van der Waals surface area contributed by atoms with Gasteiger partial charge in [-0.1, -0.05) is 74.7 Å². The summed E-state index contributed by atoms with van der Waals surface area (Å²) in [5.41, 5.74) is 3.89. The molecule has 2 amide bonds. The number of benzene rings is 2. The van der Waals surface area contributed by atoms with E-state index in [0.29, 0.717) is 23.9 Å². The van der Waals surface area contributed by atoms with Gasteiger partial charge in [-0.3, -0.25) is 9.59 Å². The lowest BCUT2D eigenvalue weighted by Gasteiger charge is -2.36. The molecule has 1 N–H and O–H groups in total. The van der Waals surface area contributed by atoms with Gasteiger partial charge in [0, 0.05) is 18.2 Å². The second-order valence-corrected chi connectivity index (χ2v) is 9.11. The van der Waals surface area contributed by atoms with Gasteiger partial charge >= 0.3 is 0 Å². The van der Waals surface area contributed by atoms with Crippen molar-refractivity contribution >= 4 is 11.8 Å². The van der Waals surface area contributed by atoms with Gasteiger partial charge in [-0.05, 0) is 48.8 Å². The second kappa shape index (κ2) is 8.63. The van der Waals surface area contributed by atoms with Crippen molar-refractivity contribution in [2.75, 3.05) is 6.54 Å². The fraction of sp³-hybridized carbons (Fsp3) is 0.462. The average Bonchev–Trinajstić information content (AvgIpc) is 3.03. The van der Waals surface area contributed by atoms with E-state index < -0.39 is 6.04 Å². The first-order chi connectivity index (χ1) is 14.5. The van der Waals surface area contributed by atoms with Crippen molar-refractivity contribution in [1.82, 2.24) is 10.2 Å². The second-order valence-electron chi connectivity index (χ2n) is 9.11. The molecule has 4 nitrogen and oxygen atoms in total. The van der Waals surface area contributed by atoms with E-state index in [1.54, 1.807) is 4.90 Å². The monoisotopic (exact) mass is 404 g/mol. The molecular formula is C26H32N2O2. The maximum Gasteiger partial charge on any atom is 0.255 e. The number of aryl methyl sites for hydroxylation is 1. The number of carbonyl (C=O) groups is 2. The number of nitrogens with one attached hydrogen (secondary N) is 1. The van der Waals surface area contributed by atoms with Crippen LogP contribution in [0.4, 0.5) is 0 Å². The van der Waals surface area contributed by atoms with Crippen LogP contribution in [0.15, 0.2) is 48.5 Å². The standard InChI is InChI=1S/C26H32N2O2/c1-17-11-13-20(14-12-17)15-16-28-24(21-8-4-5-9-22(21)26(28)30)25(29)27-23-10-6-7-18(2)19(23)3/h4-5,8-9,11-14,18-19,23-24H,6-7,10,15-16H2,1-3H3,(H,27,29). The Morgan fingerprint density at radius 2 is 1.80 bits per heavy atom. The van der Waals surface area contributed by atoms with E-state index >= 15 is 0 Å². The fourth-order valence-electron chi connectivity index (χ4n) is 4.94. The zero-order valence-electron chi connectivity index (χ0n) is 18.2. The predicted molar refractivity (Wildman–Crippen MR) is 119 cm³/mol. The van der Waals surface area contributed by atoms with Crippen molar-refractivity contribution in [1.29, 1.82) is 0 Å². The molecule has 4 rings (SSSR count). The molecule has 30 heavy (non-hydrogen) atoms. The quantitative estimate of drug-likeness (QED) is 0.787. The summed E-state index contributed by atoms with van der Waals surface area (Å²) in [5.74, 6) is 0.987. The van der Waals surface area contributed by atoms with Gasteiger partial charge < -0.3 is 10.2 Å². The third-order valence-electron chi connectivity index (χ3n) is 7.10. The number of nitrogens with zero attached hydrogens (tertiary/aromatic N) is 1. The smallest absolute Gasteiger partial charge is 0.255 e. The molecule has 0 spiro atoms. The molecule has 1 saturated carbocycles. The first-order valence-corrected chi connectivity index (χ1v) is 11.2. The Balaban J connectivity index is 1.54. The van der Waals surface area contributed by atoms with Crippen molar-refractivity contribution in [2.24, 2.45) is 11.8 Å². The number of carbonyl (C=O) groups excluding carboxylic acids is 2. The number of amides is 2. The van der Waals surface area contributed by atoms with Gasteiger partial charge in [0.15, 0.2) is 0 Å². The van der Waals surface area contributed by atoms with Gasteiger partial charge in [-0.15, -0.1) is 0 Å². The first kappa shape index (κ1) is 20.6. The van der Waals surface area contributed by atoms with Gasteiger partial charge in [0.1, 0.15) is 6.04 Å². The first-order valence-electron chi connectivity index (χ1n) is 11.2. The largest absolute Gasteiger partial charge is 0.351 e. The highest BCUT2D eigenvalue weighted by molar-refractivity contribution is 6.04. The normalized spacial score (nSPS) is 25.8. The third-order valence-corrected chi connectivity index (χ3v) is 7.10. The summed E-state index contributed by atoms with van der Waals surface area (Å²) in [4.78, 5) is 28.3. The third kappa shape index (κ3) is 4.00. The molecule has 0 aromatic heterocycles. The summed E-state index contributed by atoms with van der Waals surface area (Å²) >= 11 is 0. The van der Waals surface area contributed by atoms with Gasteiger partial charge in [-0.2, -0.15) is 0 Å². The Morgan fingerprint density at radius 1 is 1.07 bits per heavy atom. The summed E-state index contributed by atoms with van der Waals surface area (Å²) < 4.78 is 0. The molecule has 0 saturated heterocycles.